The fraction of sp³-hybridized carbons (Fsp3) is 0.350. The molecule has 0 atom stereocenters. The van der Waals surface area contributed by atoms with Crippen molar-refractivity contribution in [2.45, 2.75) is 13.5 Å². The van der Waals surface area contributed by atoms with E-state index in [4.69, 9.17) is 4.42 Å². The number of rotatable bonds is 4. The van der Waals surface area contributed by atoms with Gasteiger partial charge in [-0.3, -0.25) is 14.5 Å². The van der Waals surface area contributed by atoms with Gasteiger partial charge >= 0.3 is 0 Å². The van der Waals surface area contributed by atoms with Crippen molar-refractivity contribution in [3.8, 4) is 11.1 Å². The minimum atomic E-state index is -0.188. The normalized spacial score (nSPS) is 14.1. The molecule has 3 aromatic rings. The molecule has 0 unspecified atom stereocenters. The molecule has 0 aliphatic carbocycles. The molecule has 1 aliphatic rings. The van der Waals surface area contributed by atoms with Crippen molar-refractivity contribution in [3.05, 3.63) is 46.7 Å². The van der Waals surface area contributed by atoms with E-state index in [0.29, 0.717) is 23.3 Å². The molecule has 1 amide bonds. The predicted octanol–water partition coefficient (Wildman–Crippen LogP) is 2.40. The van der Waals surface area contributed by atoms with E-state index in [2.05, 4.69) is 20.5 Å². The Morgan fingerprint density at radius 3 is 2.70 bits per heavy atom. The third kappa shape index (κ3) is 5.02. The van der Waals surface area contributed by atoms with E-state index >= 15 is 0 Å². The van der Waals surface area contributed by atoms with Crippen LogP contribution in [-0.2, 0) is 18.4 Å². The third-order valence-electron chi connectivity index (χ3n) is 4.87. The third-order valence-corrected chi connectivity index (χ3v) is 4.87. The predicted molar refractivity (Wildman–Crippen MR) is 122 cm³/mol. The molecule has 0 spiro atoms. The van der Waals surface area contributed by atoms with Gasteiger partial charge in [0.2, 0.25) is 5.91 Å². The number of hydrogen-bond acceptors (Lipinski definition) is 6. The number of anilines is 1. The Bertz CT molecular complexity index is 1090. The van der Waals surface area contributed by atoms with Crippen LogP contribution in [0.2, 0.25) is 0 Å². The van der Waals surface area contributed by atoms with Crippen LogP contribution in [0.4, 0.5) is 5.82 Å². The highest BCUT2D eigenvalue weighted by Gasteiger charge is 2.18. The van der Waals surface area contributed by atoms with Gasteiger partial charge in [0.05, 0.1) is 11.9 Å². The second kappa shape index (κ2) is 10.1. The number of nitrogens with one attached hydrogen (secondary N) is 2. The van der Waals surface area contributed by atoms with Crippen LogP contribution < -0.4 is 16.2 Å². The molecule has 1 saturated heterocycles. The number of halogens is 2. The maximum atomic E-state index is 12.6. The van der Waals surface area contributed by atoms with E-state index in [0.717, 1.165) is 43.1 Å². The minimum Gasteiger partial charge on any atom is -0.459 e. The maximum absolute atomic E-state index is 12.6. The molecule has 1 aliphatic heterocycles. The number of aromatic nitrogens is 2. The first-order valence-electron chi connectivity index (χ1n) is 9.30. The van der Waals surface area contributed by atoms with Crippen LogP contribution in [0.1, 0.15) is 12.7 Å². The van der Waals surface area contributed by atoms with E-state index < -0.39 is 0 Å². The lowest BCUT2D eigenvalue weighted by Gasteiger charge is -2.26. The quantitative estimate of drug-likeness (QED) is 0.629. The number of furan rings is 1. The second-order valence-corrected chi connectivity index (χ2v) is 7.05. The highest BCUT2D eigenvalue weighted by Crippen LogP contribution is 2.30. The summed E-state index contributed by atoms with van der Waals surface area (Å²) in [5.74, 6) is 1.05. The highest BCUT2D eigenvalue weighted by molar-refractivity contribution is 5.93. The monoisotopic (exact) mass is 453 g/mol. The van der Waals surface area contributed by atoms with Crippen molar-refractivity contribution < 1.29 is 9.21 Å². The molecule has 8 nitrogen and oxygen atoms in total. The van der Waals surface area contributed by atoms with Gasteiger partial charge in [-0.25, -0.2) is 4.98 Å². The van der Waals surface area contributed by atoms with E-state index in [1.165, 1.54) is 6.92 Å². The van der Waals surface area contributed by atoms with E-state index in [-0.39, 0.29) is 36.3 Å². The van der Waals surface area contributed by atoms with Crippen molar-refractivity contribution in [2.24, 2.45) is 7.05 Å². The molecule has 1 fully saturated rings. The van der Waals surface area contributed by atoms with Gasteiger partial charge in [-0.1, -0.05) is 0 Å². The van der Waals surface area contributed by atoms with E-state index in [9.17, 15) is 9.59 Å². The molecule has 30 heavy (non-hydrogen) atoms. The summed E-state index contributed by atoms with van der Waals surface area (Å²) < 4.78 is 7.69. The maximum Gasteiger partial charge on any atom is 0.261 e. The molecule has 0 aromatic carbocycles. The Morgan fingerprint density at radius 2 is 2.00 bits per heavy atom. The topological polar surface area (TPSA) is 92.4 Å². The average Bonchev–Trinajstić information content (AvgIpc) is 3.09. The van der Waals surface area contributed by atoms with Crippen LogP contribution in [0.25, 0.3) is 22.1 Å². The lowest BCUT2D eigenvalue weighted by atomic mass is 10.1. The van der Waals surface area contributed by atoms with Crippen molar-refractivity contribution in [1.29, 1.82) is 0 Å². The number of amides is 1. The Kier molecular flexibility index (Phi) is 8.03. The zero-order valence-electron chi connectivity index (χ0n) is 16.8. The van der Waals surface area contributed by atoms with Gasteiger partial charge in [-0.05, 0) is 23.8 Å². The van der Waals surface area contributed by atoms with Crippen molar-refractivity contribution >= 4 is 47.5 Å². The van der Waals surface area contributed by atoms with Crippen LogP contribution in [-0.4, -0.2) is 46.5 Å². The molecule has 4 heterocycles. The van der Waals surface area contributed by atoms with Gasteiger partial charge in [0.15, 0.2) is 0 Å². The number of hydrogen-bond donors (Lipinski definition) is 2. The van der Waals surface area contributed by atoms with Gasteiger partial charge < -0.3 is 19.6 Å². The molecular weight excluding hydrogens is 429 g/mol. The molecule has 4 rings (SSSR count). The number of carbonyl (C=O) groups is 1. The van der Waals surface area contributed by atoms with Gasteiger partial charge in [0.1, 0.15) is 17.2 Å². The molecule has 0 bridgehead atoms. The van der Waals surface area contributed by atoms with Crippen LogP contribution in [0, 0.1) is 0 Å². The van der Waals surface area contributed by atoms with Crippen molar-refractivity contribution in [3.63, 3.8) is 0 Å². The van der Waals surface area contributed by atoms with Gasteiger partial charge in [-0.15, -0.1) is 24.8 Å². The summed E-state index contributed by atoms with van der Waals surface area (Å²) >= 11 is 0. The Hall–Kier alpha value is -2.39. The first-order chi connectivity index (χ1) is 13.5. The fourth-order valence-corrected chi connectivity index (χ4v) is 3.52. The lowest BCUT2D eigenvalue weighted by molar-refractivity contribution is -0.114. The zero-order valence-corrected chi connectivity index (χ0v) is 18.4. The standard InChI is InChI=1S/C20H23N5O3.2ClH/c1-13(26)23-18-9-14(3-4-22-18)17-12-24(2)20(27)16-10-15(28-19(16)17)11-25-7-5-21-6-8-25;;/h3-4,9-10,12,21H,5-8,11H2,1-2H3,(H,22,23,26);2*1H. The molecule has 2 N–H and O–H groups in total. The van der Waals surface area contributed by atoms with Gasteiger partial charge in [-0.2, -0.15) is 0 Å². The summed E-state index contributed by atoms with van der Waals surface area (Å²) in [6.45, 7) is 5.92. The SMILES string of the molecule is CC(=O)Nc1cc(-c2cn(C)c(=O)c3cc(CN4CCNCC4)oc23)ccn1.Cl.Cl. The number of piperazine rings is 1. The van der Waals surface area contributed by atoms with Crippen molar-refractivity contribution in [1.82, 2.24) is 19.8 Å². The summed E-state index contributed by atoms with van der Waals surface area (Å²) in [7, 11) is 1.73. The Balaban J connectivity index is 0.00000160. The fourth-order valence-electron chi connectivity index (χ4n) is 3.52. The molecular formula is C20H25Cl2N5O3. The first kappa shape index (κ1) is 23.9. The van der Waals surface area contributed by atoms with Crippen LogP contribution in [0.15, 0.2) is 39.8 Å². The van der Waals surface area contributed by atoms with Crippen LogP contribution in [0.3, 0.4) is 0 Å². The highest BCUT2D eigenvalue weighted by atomic mass is 35.5. The van der Waals surface area contributed by atoms with Gasteiger partial charge in [0.25, 0.3) is 5.56 Å². The summed E-state index contributed by atoms with van der Waals surface area (Å²) in [6, 6.07) is 5.46. The van der Waals surface area contributed by atoms with Gasteiger partial charge in [0, 0.05) is 58.1 Å². The number of pyridine rings is 2. The molecule has 162 valence electrons. The first-order valence-corrected chi connectivity index (χ1v) is 9.30. The number of nitrogens with zero attached hydrogens (tertiary/aromatic N) is 3. The summed E-state index contributed by atoms with van der Waals surface area (Å²) in [6.07, 6.45) is 3.39. The molecule has 10 heteroatoms. The second-order valence-electron chi connectivity index (χ2n) is 7.05. The van der Waals surface area contributed by atoms with Crippen molar-refractivity contribution in [2.75, 3.05) is 31.5 Å². The van der Waals surface area contributed by atoms with E-state index in [1.54, 1.807) is 30.1 Å². The summed E-state index contributed by atoms with van der Waals surface area (Å²) in [5, 5.41) is 6.58. The molecule has 0 saturated carbocycles. The van der Waals surface area contributed by atoms with Crippen LogP contribution in [0.5, 0.6) is 0 Å². The molecule has 0 radical (unpaired) electrons. The number of carbonyl (C=O) groups excluding carboxylic acids is 1. The summed E-state index contributed by atoms with van der Waals surface area (Å²) in [5.41, 5.74) is 2.08. The number of fused-ring (bicyclic) bond motifs is 1. The Morgan fingerprint density at radius 1 is 1.27 bits per heavy atom. The smallest absolute Gasteiger partial charge is 0.261 e. The molecule has 3 aromatic heterocycles. The van der Waals surface area contributed by atoms with E-state index in [1.807, 2.05) is 12.1 Å². The zero-order chi connectivity index (χ0) is 19.7. The minimum absolute atomic E-state index is 0. The van der Waals surface area contributed by atoms with Crippen LogP contribution >= 0.6 is 24.8 Å². The lowest BCUT2D eigenvalue weighted by Crippen LogP contribution is -2.42. The summed E-state index contributed by atoms with van der Waals surface area (Å²) in [4.78, 5) is 30.4. The average molecular weight is 454 g/mol. The Labute approximate surface area is 186 Å². The number of aryl methyl sites for hydroxylation is 1. The largest absolute Gasteiger partial charge is 0.459 e.